The molecule has 0 spiro atoms. The van der Waals surface area contributed by atoms with Crippen LogP contribution in [-0.2, 0) is 4.79 Å². The molecule has 1 unspecified atom stereocenters. The second-order valence-electron chi connectivity index (χ2n) is 5.66. The Morgan fingerprint density at radius 3 is 2.38 bits per heavy atom. The molecule has 130 valence electrons. The number of hydrogen-bond acceptors (Lipinski definition) is 3. The van der Waals surface area contributed by atoms with E-state index in [4.69, 9.17) is 10.5 Å². The van der Waals surface area contributed by atoms with Crippen LogP contribution in [0, 0.1) is 6.92 Å². The zero-order valence-corrected chi connectivity index (χ0v) is 15.0. The van der Waals surface area contributed by atoms with Crippen LogP contribution in [-0.4, -0.2) is 31.0 Å². The summed E-state index contributed by atoms with van der Waals surface area (Å²) in [5, 5.41) is 0. The number of ether oxygens (including phenoxy) is 1. The van der Waals surface area contributed by atoms with Gasteiger partial charge in [0.15, 0.2) is 0 Å². The summed E-state index contributed by atoms with van der Waals surface area (Å²) in [6, 6.07) is 16.8. The summed E-state index contributed by atoms with van der Waals surface area (Å²) in [7, 11) is 1.78. The van der Waals surface area contributed by atoms with E-state index >= 15 is 0 Å². The van der Waals surface area contributed by atoms with Crippen LogP contribution in [0.1, 0.15) is 23.6 Å². The molecule has 0 fully saturated rings. The van der Waals surface area contributed by atoms with E-state index in [0.717, 1.165) is 23.3 Å². The molecule has 0 heterocycles. The van der Waals surface area contributed by atoms with Crippen molar-refractivity contribution in [3.63, 3.8) is 0 Å². The van der Waals surface area contributed by atoms with Crippen LogP contribution in [0.25, 0.3) is 0 Å². The molecular formula is C19H25ClN2O2. The minimum atomic E-state index is -0.615. The van der Waals surface area contributed by atoms with Crippen LogP contribution >= 0.6 is 12.4 Å². The maximum atomic E-state index is 12.4. The quantitative estimate of drug-likeness (QED) is 0.781. The number of halogens is 1. The minimum Gasteiger partial charge on any atom is -0.494 e. The summed E-state index contributed by atoms with van der Waals surface area (Å²) in [5.41, 5.74) is 8.06. The van der Waals surface area contributed by atoms with Gasteiger partial charge >= 0.3 is 0 Å². The number of rotatable bonds is 7. The van der Waals surface area contributed by atoms with Crippen molar-refractivity contribution in [1.82, 2.24) is 4.90 Å². The first kappa shape index (κ1) is 20.0. The predicted octanol–water partition coefficient (Wildman–Crippen LogP) is 3.34. The standard InChI is InChI=1S/C19H24N2O2.ClH/c1-15-9-11-16(12-10-15)18(20)19(22)21(2)13-6-14-23-17-7-4-3-5-8-17;/h3-5,7-12,18H,6,13-14,20H2,1-2H3;1H. The van der Waals surface area contributed by atoms with Crippen molar-refractivity contribution in [1.29, 1.82) is 0 Å². The molecule has 4 nitrogen and oxygen atoms in total. The molecule has 2 aromatic rings. The van der Waals surface area contributed by atoms with Crippen LogP contribution in [0.2, 0.25) is 0 Å². The van der Waals surface area contributed by atoms with Crippen LogP contribution in [0.3, 0.4) is 0 Å². The number of nitrogens with two attached hydrogens (primary N) is 1. The van der Waals surface area contributed by atoms with Crippen LogP contribution in [0.15, 0.2) is 54.6 Å². The van der Waals surface area contributed by atoms with Crippen LogP contribution < -0.4 is 10.5 Å². The Balaban J connectivity index is 0.00000288. The van der Waals surface area contributed by atoms with Gasteiger partial charge in [0.25, 0.3) is 0 Å². The van der Waals surface area contributed by atoms with Crippen molar-refractivity contribution >= 4 is 18.3 Å². The molecule has 2 aromatic carbocycles. The molecule has 0 bridgehead atoms. The van der Waals surface area contributed by atoms with Crippen LogP contribution in [0.4, 0.5) is 0 Å². The van der Waals surface area contributed by atoms with E-state index in [1.165, 1.54) is 0 Å². The third-order valence-electron chi connectivity index (χ3n) is 3.73. The number of hydrogen-bond donors (Lipinski definition) is 1. The third-order valence-corrected chi connectivity index (χ3v) is 3.73. The van der Waals surface area contributed by atoms with E-state index in [9.17, 15) is 4.79 Å². The molecule has 0 radical (unpaired) electrons. The van der Waals surface area contributed by atoms with Gasteiger partial charge in [-0.3, -0.25) is 4.79 Å². The second kappa shape index (κ2) is 9.96. The first-order chi connectivity index (χ1) is 11.1. The summed E-state index contributed by atoms with van der Waals surface area (Å²) in [6.07, 6.45) is 0.762. The van der Waals surface area contributed by atoms with Crippen molar-refractivity contribution in [2.75, 3.05) is 20.2 Å². The number of para-hydroxylation sites is 1. The van der Waals surface area contributed by atoms with E-state index < -0.39 is 6.04 Å². The Kier molecular flexibility index (Phi) is 8.30. The van der Waals surface area contributed by atoms with Gasteiger partial charge in [-0.25, -0.2) is 0 Å². The molecule has 2 rings (SSSR count). The highest BCUT2D eigenvalue weighted by atomic mass is 35.5. The van der Waals surface area contributed by atoms with E-state index in [0.29, 0.717) is 13.2 Å². The number of carbonyl (C=O) groups excluding carboxylic acids is 1. The topological polar surface area (TPSA) is 55.6 Å². The van der Waals surface area contributed by atoms with Crippen LogP contribution in [0.5, 0.6) is 5.75 Å². The SMILES string of the molecule is Cc1ccc(C(N)C(=O)N(C)CCCOc2ccccc2)cc1.Cl. The molecule has 1 atom stereocenters. The molecule has 0 aliphatic heterocycles. The van der Waals surface area contributed by atoms with Gasteiger partial charge in [-0.2, -0.15) is 0 Å². The average Bonchev–Trinajstić information content (AvgIpc) is 2.59. The van der Waals surface area contributed by atoms with Gasteiger partial charge in [0.2, 0.25) is 5.91 Å². The lowest BCUT2D eigenvalue weighted by atomic mass is 10.0. The second-order valence-corrected chi connectivity index (χ2v) is 5.66. The van der Waals surface area contributed by atoms with Gasteiger partial charge in [0, 0.05) is 13.6 Å². The number of benzene rings is 2. The summed E-state index contributed by atoms with van der Waals surface area (Å²) < 4.78 is 5.63. The van der Waals surface area contributed by atoms with Gasteiger partial charge in [-0.1, -0.05) is 48.0 Å². The maximum absolute atomic E-state index is 12.4. The number of likely N-dealkylation sites (N-methyl/N-ethyl adjacent to an activating group) is 1. The highest BCUT2D eigenvalue weighted by molar-refractivity contribution is 5.85. The zero-order valence-electron chi connectivity index (χ0n) is 14.1. The number of nitrogens with zero attached hydrogens (tertiary/aromatic N) is 1. The van der Waals surface area contributed by atoms with Crippen molar-refractivity contribution in [2.24, 2.45) is 5.73 Å². The summed E-state index contributed by atoms with van der Waals surface area (Å²) in [4.78, 5) is 14.0. The summed E-state index contributed by atoms with van der Waals surface area (Å²) >= 11 is 0. The lowest BCUT2D eigenvalue weighted by Crippen LogP contribution is -2.36. The number of aryl methyl sites for hydroxylation is 1. The molecule has 2 N–H and O–H groups in total. The third kappa shape index (κ3) is 5.87. The van der Waals surface area contributed by atoms with Gasteiger partial charge in [0.05, 0.1) is 6.61 Å². The Bertz CT molecular complexity index is 617. The highest BCUT2D eigenvalue weighted by Gasteiger charge is 2.19. The summed E-state index contributed by atoms with van der Waals surface area (Å²) in [6.45, 7) is 3.20. The maximum Gasteiger partial charge on any atom is 0.243 e. The van der Waals surface area contributed by atoms with E-state index in [2.05, 4.69) is 0 Å². The summed E-state index contributed by atoms with van der Waals surface area (Å²) in [5.74, 6) is 0.770. The minimum absolute atomic E-state index is 0. The normalized spacial score (nSPS) is 11.3. The zero-order chi connectivity index (χ0) is 16.7. The average molecular weight is 349 g/mol. The largest absolute Gasteiger partial charge is 0.494 e. The van der Waals surface area contributed by atoms with Gasteiger partial charge in [0.1, 0.15) is 11.8 Å². The molecule has 5 heteroatoms. The highest BCUT2D eigenvalue weighted by Crippen LogP contribution is 2.14. The van der Waals surface area contributed by atoms with Gasteiger partial charge in [-0.15, -0.1) is 12.4 Å². The molecule has 24 heavy (non-hydrogen) atoms. The van der Waals surface area contributed by atoms with Gasteiger partial charge in [-0.05, 0) is 31.0 Å². The fraction of sp³-hybridized carbons (Fsp3) is 0.316. The van der Waals surface area contributed by atoms with Gasteiger partial charge < -0.3 is 15.4 Å². The Morgan fingerprint density at radius 2 is 1.75 bits per heavy atom. The van der Waals surface area contributed by atoms with Crippen molar-refractivity contribution in [2.45, 2.75) is 19.4 Å². The Labute approximate surface area is 150 Å². The predicted molar refractivity (Wildman–Crippen MR) is 99.5 cm³/mol. The monoisotopic (exact) mass is 348 g/mol. The lowest BCUT2D eigenvalue weighted by molar-refractivity contribution is -0.131. The van der Waals surface area contributed by atoms with Crippen molar-refractivity contribution < 1.29 is 9.53 Å². The number of amides is 1. The first-order valence-corrected chi connectivity index (χ1v) is 7.83. The molecule has 1 amide bonds. The Hall–Kier alpha value is -2.04. The molecule has 0 aliphatic carbocycles. The molecule has 0 aromatic heterocycles. The van der Waals surface area contributed by atoms with E-state index in [-0.39, 0.29) is 18.3 Å². The smallest absolute Gasteiger partial charge is 0.243 e. The Morgan fingerprint density at radius 1 is 1.12 bits per heavy atom. The fourth-order valence-corrected chi connectivity index (χ4v) is 2.27. The number of carbonyl (C=O) groups is 1. The molecule has 0 saturated carbocycles. The first-order valence-electron chi connectivity index (χ1n) is 7.83. The van der Waals surface area contributed by atoms with E-state index in [1.54, 1.807) is 11.9 Å². The lowest BCUT2D eigenvalue weighted by Gasteiger charge is -2.21. The van der Waals surface area contributed by atoms with Crippen molar-refractivity contribution in [3.8, 4) is 5.75 Å². The molecule has 0 aliphatic rings. The van der Waals surface area contributed by atoms with E-state index in [1.807, 2.05) is 61.5 Å². The van der Waals surface area contributed by atoms with Crippen molar-refractivity contribution in [3.05, 3.63) is 65.7 Å². The fourth-order valence-electron chi connectivity index (χ4n) is 2.27. The molecular weight excluding hydrogens is 324 g/mol. The molecule has 0 saturated heterocycles.